The van der Waals surface area contributed by atoms with Crippen molar-refractivity contribution in [3.63, 3.8) is 0 Å². The molecule has 32 heavy (non-hydrogen) atoms. The highest BCUT2D eigenvalue weighted by molar-refractivity contribution is 6.43. The van der Waals surface area contributed by atoms with Gasteiger partial charge in [0.25, 0.3) is 11.7 Å². The van der Waals surface area contributed by atoms with Crippen molar-refractivity contribution < 1.29 is 28.5 Å². The summed E-state index contributed by atoms with van der Waals surface area (Å²) in [6.45, 7) is 1.60. The second-order valence-electron chi connectivity index (χ2n) is 7.70. The predicted octanol–water partition coefficient (Wildman–Crippen LogP) is 3.54. The minimum absolute atomic E-state index is 0.0924. The largest absolute Gasteiger partial charge is 0.493 e. The lowest BCUT2D eigenvalue weighted by molar-refractivity contribution is -0.128. The van der Waals surface area contributed by atoms with Crippen molar-refractivity contribution >= 4 is 11.7 Å². The lowest BCUT2D eigenvalue weighted by atomic mass is 10.1. The van der Waals surface area contributed by atoms with E-state index in [0.717, 1.165) is 25.7 Å². The quantitative estimate of drug-likeness (QED) is 0.302. The number of ketones is 1. The third kappa shape index (κ3) is 5.59. The summed E-state index contributed by atoms with van der Waals surface area (Å²) in [7, 11) is 4.43. The Bertz CT molecular complexity index is 889. The van der Waals surface area contributed by atoms with Gasteiger partial charge in [-0.3, -0.25) is 9.59 Å². The van der Waals surface area contributed by atoms with Crippen LogP contribution in [0.25, 0.3) is 0 Å². The van der Waals surface area contributed by atoms with Crippen LogP contribution in [0.1, 0.15) is 35.2 Å². The Morgan fingerprint density at radius 3 is 2.31 bits per heavy atom. The van der Waals surface area contributed by atoms with Crippen LogP contribution in [-0.4, -0.2) is 63.7 Å². The van der Waals surface area contributed by atoms with Crippen molar-refractivity contribution in [2.45, 2.75) is 31.7 Å². The monoisotopic (exact) mass is 441 g/mol. The second kappa shape index (κ2) is 11.5. The lowest BCUT2D eigenvalue weighted by Crippen LogP contribution is -2.42. The van der Waals surface area contributed by atoms with Crippen LogP contribution in [-0.2, 0) is 16.0 Å². The molecule has 0 aliphatic carbocycles. The van der Waals surface area contributed by atoms with E-state index in [1.54, 1.807) is 4.90 Å². The fourth-order valence-corrected chi connectivity index (χ4v) is 3.98. The van der Waals surface area contributed by atoms with E-state index in [9.17, 15) is 9.59 Å². The van der Waals surface area contributed by atoms with E-state index >= 15 is 0 Å². The van der Waals surface area contributed by atoms with Crippen LogP contribution in [0.15, 0.2) is 42.5 Å². The summed E-state index contributed by atoms with van der Waals surface area (Å²) in [4.78, 5) is 27.6. The van der Waals surface area contributed by atoms with Crippen molar-refractivity contribution in [3.8, 4) is 17.2 Å². The van der Waals surface area contributed by atoms with Crippen molar-refractivity contribution in [2.75, 3.05) is 41.1 Å². The summed E-state index contributed by atoms with van der Waals surface area (Å²) in [6.07, 6.45) is 3.54. The van der Waals surface area contributed by atoms with Crippen molar-refractivity contribution in [2.24, 2.45) is 0 Å². The second-order valence-corrected chi connectivity index (χ2v) is 7.70. The van der Waals surface area contributed by atoms with Gasteiger partial charge < -0.3 is 23.8 Å². The molecule has 0 unspecified atom stereocenters. The number of likely N-dealkylation sites (tertiary alicyclic amines) is 1. The van der Waals surface area contributed by atoms with E-state index in [1.165, 1.54) is 39.0 Å². The Kier molecular flexibility index (Phi) is 8.50. The molecule has 3 rings (SSSR count). The third-order valence-electron chi connectivity index (χ3n) is 5.67. The average Bonchev–Trinajstić information content (AvgIpc) is 3.31. The van der Waals surface area contributed by atoms with Crippen LogP contribution in [0.3, 0.4) is 0 Å². The number of amides is 1. The maximum absolute atomic E-state index is 13.0. The molecule has 1 aliphatic rings. The van der Waals surface area contributed by atoms with E-state index in [1.807, 2.05) is 18.2 Å². The first-order valence-corrected chi connectivity index (χ1v) is 10.9. The van der Waals surface area contributed by atoms with Gasteiger partial charge in [-0.1, -0.05) is 30.3 Å². The first kappa shape index (κ1) is 23.6. The third-order valence-corrected chi connectivity index (χ3v) is 5.67. The van der Waals surface area contributed by atoms with Gasteiger partial charge in [-0.15, -0.1) is 0 Å². The number of rotatable bonds is 11. The molecule has 1 heterocycles. The summed E-state index contributed by atoms with van der Waals surface area (Å²) in [5, 5.41) is 0. The summed E-state index contributed by atoms with van der Waals surface area (Å²) in [5.74, 6) is -0.0812. The fourth-order valence-electron chi connectivity index (χ4n) is 3.98. The topological polar surface area (TPSA) is 74.3 Å². The molecule has 1 amide bonds. The predicted molar refractivity (Wildman–Crippen MR) is 121 cm³/mol. The molecule has 7 nitrogen and oxygen atoms in total. The molecule has 0 bridgehead atoms. The Hall–Kier alpha value is -3.06. The number of ether oxygens (including phenoxy) is 4. The fraction of sp³-hybridized carbons (Fsp3) is 0.440. The van der Waals surface area contributed by atoms with Crippen molar-refractivity contribution in [1.82, 2.24) is 4.90 Å². The van der Waals surface area contributed by atoms with Crippen LogP contribution >= 0.6 is 0 Å². The molecule has 0 saturated carbocycles. The van der Waals surface area contributed by atoms with E-state index < -0.39 is 11.7 Å². The van der Waals surface area contributed by atoms with E-state index in [2.05, 4.69) is 12.1 Å². The van der Waals surface area contributed by atoms with Gasteiger partial charge in [-0.2, -0.15) is 0 Å². The van der Waals surface area contributed by atoms with Crippen molar-refractivity contribution in [3.05, 3.63) is 53.6 Å². The first-order valence-electron chi connectivity index (χ1n) is 10.9. The molecule has 1 fully saturated rings. The zero-order chi connectivity index (χ0) is 22.9. The molecule has 1 atom stereocenters. The van der Waals surface area contributed by atoms with Gasteiger partial charge in [-0.25, -0.2) is 0 Å². The number of aryl methyl sites for hydroxylation is 1. The van der Waals surface area contributed by atoms with Gasteiger partial charge in [0.15, 0.2) is 11.5 Å². The highest BCUT2D eigenvalue weighted by atomic mass is 16.5. The van der Waals surface area contributed by atoms with Gasteiger partial charge in [0, 0.05) is 18.7 Å². The highest BCUT2D eigenvalue weighted by Gasteiger charge is 2.33. The zero-order valence-corrected chi connectivity index (χ0v) is 19.0. The van der Waals surface area contributed by atoms with Gasteiger partial charge in [-0.05, 0) is 43.4 Å². The minimum Gasteiger partial charge on any atom is -0.493 e. The minimum atomic E-state index is -0.597. The number of methoxy groups -OCH3 is 3. The molecule has 0 spiro atoms. The highest BCUT2D eigenvalue weighted by Crippen LogP contribution is 2.38. The molecule has 0 N–H and O–H groups in total. The summed E-state index contributed by atoms with van der Waals surface area (Å²) >= 11 is 0. The van der Waals surface area contributed by atoms with Crippen LogP contribution in [0.5, 0.6) is 17.2 Å². The molecular weight excluding hydrogens is 410 g/mol. The Balaban J connectivity index is 1.58. The van der Waals surface area contributed by atoms with E-state index in [4.69, 9.17) is 18.9 Å². The Morgan fingerprint density at radius 1 is 1.00 bits per heavy atom. The number of carbonyl (C=O) groups is 2. The molecule has 7 heteroatoms. The van der Waals surface area contributed by atoms with Gasteiger partial charge in [0.1, 0.15) is 0 Å². The number of benzene rings is 2. The molecule has 2 aromatic rings. The van der Waals surface area contributed by atoms with Gasteiger partial charge in [0.05, 0.1) is 34.0 Å². The first-order chi connectivity index (χ1) is 15.6. The molecule has 0 aromatic heterocycles. The van der Waals surface area contributed by atoms with Gasteiger partial charge >= 0.3 is 0 Å². The Morgan fingerprint density at radius 2 is 1.69 bits per heavy atom. The number of carbonyl (C=O) groups excluding carboxylic acids is 2. The number of hydrogen-bond donors (Lipinski definition) is 0. The smallest absolute Gasteiger partial charge is 0.295 e. The molecule has 0 radical (unpaired) electrons. The van der Waals surface area contributed by atoms with Crippen LogP contribution in [0.4, 0.5) is 0 Å². The molecule has 2 aromatic carbocycles. The maximum atomic E-state index is 13.0. The van der Waals surface area contributed by atoms with Crippen LogP contribution < -0.4 is 14.2 Å². The summed E-state index contributed by atoms with van der Waals surface area (Å²) in [6, 6.07) is 13.2. The number of nitrogens with zero attached hydrogens (tertiary/aromatic N) is 1. The molecule has 1 saturated heterocycles. The molecule has 172 valence electrons. The van der Waals surface area contributed by atoms with Crippen LogP contribution in [0.2, 0.25) is 0 Å². The summed E-state index contributed by atoms with van der Waals surface area (Å²) in [5.41, 5.74) is 1.49. The summed E-state index contributed by atoms with van der Waals surface area (Å²) < 4.78 is 21.7. The molecular formula is C25H31NO6. The molecule has 1 aliphatic heterocycles. The number of hydrogen-bond acceptors (Lipinski definition) is 6. The Labute approximate surface area is 189 Å². The van der Waals surface area contributed by atoms with E-state index in [0.29, 0.717) is 37.0 Å². The number of Topliss-reactive ketones (excluding diaryl/α,β-unsaturated/α-hetero) is 1. The average molecular weight is 442 g/mol. The standard InChI is InChI=1S/C25H31NO6/c1-29-21-15-19(16-22(30-2)24(21)31-3)23(27)25(28)26-13-7-12-20(26)17-32-14-8-11-18-9-5-4-6-10-18/h4-6,9-10,15-16,20H,7-8,11-14,17H2,1-3H3/t20-/m0/s1. The zero-order valence-electron chi connectivity index (χ0n) is 19.0. The van der Waals surface area contributed by atoms with Crippen molar-refractivity contribution in [1.29, 1.82) is 0 Å². The van der Waals surface area contributed by atoms with E-state index in [-0.39, 0.29) is 11.6 Å². The normalized spacial score (nSPS) is 15.5. The van der Waals surface area contributed by atoms with Crippen LogP contribution in [0, 0.1) is 0 Å². The van der Waals surface area contributed by atoms with Gasteiger partial charge in [0.2, 0.25) is 5.75 Å². The SMILES string of the molecule is COc1cc(C(=O)C(=O)N2CCC[C@H]2COCCCc2ccccc2)cc(OC)c1OC. The maximum Gasteiger partial charge on any atom is 0.295 e. The lowest BCUT2D eigenvalue weighted by Gasteiger charge is -2.24.